The average Bonchev–Trinajstić information content (AvgIpc) is 2.97. The SMILES string of the molecule is Br.CCN1C(=NCc2ccccn2)SCC1(O)c1ccc(Cl)c(S(N)(=O)=O)c1. The number of nitrogens with zero attached hydrogens (tertiary/aromatic N) is 3. The fourth-order valence-electron chi connectivity index (χ4n) is 2.86. The predicted octanol–water partition coefficient (Wildman–Crippen LogP) is 2.73. The van der Waals surface area contributed by atoms with Crippen molar-refractivity contribution < 1.29 is 13.5 Å². The van der Waals surface area contributed by atoms with E-state index in [2.05, 4.69) is 9.98 Å². The zero-order valence-electron chi connectivity index (χ0n) is 14.9. The number of hydrogen-bond acceptors (Lipinski definition) is 6. The number of benzene rings is 1. The summed E-state index contributed by atoms with van der Waals surface area (Å²) in [6, 6.07) is 9.95. The molecule has 2 aromatic rings. The van der Waals surface area contributed by atoms with Crippen molar-refractivity contribution in [2.24, 2.45) is 10.1 Å². The highest BCUT2D eigenvalue weighted by molar-refractivity contribution is 8.93. The Morgan fingerprint density at radius 3 is 2.75 bits per heavy atom. The molecule has 1 aromatic heterocycles. The van der Waals surface area contributed by atoms with Gasteiger partial charge in [-0.3, -0.25) is 9.98 Å². The van der Waals surface area contributed by atoms with Crippen LogP contribution >= 0.6 is 40.3 Å². The Morgan fingerprint density at radius 1 is 1.39 bits per heavy atom. The summed E-state index contributed by atoms with van der Waals surface area (Å²) < 4.78 is 23.5. The summed E-state index contributed by atoms with van der Waals surface area (Å²) in [5.74, 6) is 0.299. The number of sulfonamides is 1. The zero-order chi connectivity index (χ0) is 19.7. The molecule has 28 heavy (non-hydrogen) atoms. The molecule has 0 radical (unpaired) electrons. The lowest BCUT2D eigenvalue weighted by molar-refractivity contribution is -0.0455. The Kier molecular flexibility index (Phi) is 7.51. The molecule has 11 heteroatoms. The van der Waals surface area contributed by atoms with E-state index in [9.17, 15) is 13.5 Å². The number of hydrogen-bond donors (Lipinski definition) is 2. The molecule has 152 valence electrons. The minimum absolute atomic E-state index is 0. The van der Waals surface area contributed by atoms with E-state index in [0.717, 1.165) is 5.69 Å². The first kappa shape index (κ1) is 23.1. The molecule has 0 saturated carbocycles. The van der Waals surface area contributed by atoms with Crippen LogP contribution in [0.2, 0.25) is 5.02 Å². The molecular weight excluding hydrogens is 488 g/mol. The maximum atomic E-state index is 11.8. The number of nitrogens with two attached hydrogens (primary N) is 1. The van der Waals surface area contributed by atoms with Crippen molar-refractivity contribution in [3.63, 3.8) is 0 Å². The lowest BCUT2D eigenvalue weighted by Crippen LogP contribution is -2.45. The minimum atomic E-state index is -4.00. The maximum absolute atomic E-state index is 11.8. The summed E-state index contributed by atoms with van der Waals surface area (Å²) in [6.45, 7) is 2.76. The van der Waals surface area contributed by atoms with Crippen LogP contribution in [0.1, 0.15) is 18.2 Å². The summed E-state index contributed by atoms with van der Waals surface area (Å²) >= 11 is 7.36. The summed E-state index contributed by atoms with van der Waals surface area (Å²) in [7, 11) is -4.00. The van der Waals surface area contributed by atoms with Gasteiger partial charge in [0, 0.05) is 18.3 Å². The van der Waals surface area contributed by atoms with Gasteiger partial charge in [0.2, 0.25) is 10.0 Å². The fourth-order valence-corrected chi connectivity index (χ4v) is 5.17. The van der Waals surface area contributed by atoms with Crippen molar-refractivity contribution in [3.8, 4) is 0 Å². The fraction of sp³-hybridized carbons (Fsp3) is 0.294. The summed E-state index contributed by atoms with van der Waals surface area (Å²) in [4.78, 5) is 10.3. The van der Waals surface area contributed by atoms with Gasteiger partial charge < -0.3 is 10.0 Å². The largest absolute Gasteiger partial charge is 0.366 e. The first-order chi connectivity index (χ1) is 12.8. The molecule has 1 aromatic carbocycles. The molecule has 3 rings (SSSR count). The van der Waals surface area contributed by atoms with Crippen molar-refractivity contribution in [3.05, 3.63) is 58.9 Å². The Bertz CT molecular complexity index is 976. The molecule has 0 amide bonds. The molecule has 1 unspecified atom stereocenters. The number of halogens is 2. The second-order valence-corrected chi connectivity index (χ2v) is 8.84. The van der Waals surface area contributed by atoms with Gasteiger partial charge in [0.15, 0.2) is 10.9 Å². The molecule has 1 saturated heterocycles. The maximum Gasteiger partial charge on any atom is 0.239 e. The summed E-state index contributed by atoms with van der Waals surface area (Å²) in [5.41, 5.74) is -0.194. The normalized spacial score (nSPS) is 21.0. The Labute approximate surface area is 183 Å². The number of rotatable bonds is 5. The molecule has 7 nitrogen and oxygen atoms in total. The number of pyridine rings is 1. The molecule has 1 aliphatic heterocycles. The highest BCUT2D eigenvalue weighted by Gasteiger charge is 2.44. The number of primary sulfonamides is 1. The molecule has 1 fully saturated rings. The number of aliphatic imine (C=N–C) groups is 1. The third kappa shape index (κ3) is 4.69. The molecule has 0 spiro atoms. The smallest absolute Gasteiger partial charge is 0.239 e. The second-order valence-electron chi connectivity index (χ2n) is 5.96. The van der Waals surface area contributed by atoms with Crippen LogP contribution in [0.5, 0.6) is 0 Å². The van der Waals surface area contributed by atoms with E-state index >= 15 is 0 Å². The summed E-state index contributed by atoms with van der Waals surface area (Å²) in [6.07, 6.45) is 1.70. The third-order valence-corrected chi connectivity index (χ3v) is 6.75. The highest BCUT2D eigenvalue weighted by atomic mass is 79.9. The van der Waals surface area contributed by atoms with Gasteiger partial charge in [-0.1, -0.05) is 35.5 Å². The lowest BCUT2D eigenvalue weighted by atomic mass is 10.0. The van der Waals surface area contributed by atoms with E-state index in [1.165, 1.54) is 23.9 Å². The van der Waals surface area contributed by atoms with Gasteiger partial charge in [0.1, 0.15) is 4.90 Å². The predicted molar refractivity (Wildman–Crippen MR) is 117 cm³/mol. The first-order valence-electron chi connectivity index (χ1n) is 8.15. The van der Waals surface area contributed by atoms with Gasteiger partial charge in [-0.2, -0.15) is 0 Å². The number of aliphatic hydroxyl groups is 1. The van der Waals surface area contributed by atoms with Crippen LogP contribution in [0, 0.1) is 0 Å². The quantitative estimate of drug-likeness (QED) is 0.644. The van der Waals surface area contributed by atoms with E-state index in [4.69, 9.17) is 16.7 Å². The van der Waals surface area contributed by atoms with Crippen molar-refractivity contribution in [1.82, 2.24) is 9.88 Å². The standard InChI is InChI=1S/C17H19ClN4O3S2.BrH/c1-2-22-16(21-10-13-5-3-4-8-20-13)26-11-17(22,23)12-6-7-14(18)15(9-12)27(19,24)25;/h3-9,23H,2,10-11H2,1H3,(H2,19,24,25);1H. The summed E-state index contributed by atoms with van der Waals surface area (Å²) in [5, 5.41) is 17.2. The molecule has 0 aliphatic carbocycles. The van der Waals surface area contributed by atoms with Crippen molar-refractivity contribution in [2.75, 3.05) is 12.3 Å². The lowest BCUT2D eigenvalue weighted by Gasteiger charge is -2.34. The number of aromatic nitrogens is 1. The highest BCUT2D eigenvalue weighted by Crippen LogP contribution is 2.40. The van der Waals surface area contributed by atoms with Crippen LogP contribution in [-0.2, 0) is 22.3 Å². The first-order valence-corrected chi connectivity index (χ1v) is 11.1. The van der Waals surface area contributed by atoms with Gasteiger partial charge in [-0.05, 0) is 31.2 Å². The van der Waals surface area contributed by atoms with Crippen LogP contribution in [-0.4, -0.2) is 40.9 Å². The van der Waals surface area contributed by atoms with E-state index in [0.29, 0.717) is 29.6 Å². The van der Waals surface area contributed by atoms with Crippen LogP contribution in [0.15, 0.2) is 52.5 Å². The topological polar surface area (TPSA) is 109 Å². The van der Waals surface area contributed by atoms with Crippen molar-refractivity contribution in [2.45, 2.75) is 24.1 Å². The van der Waals surface area contributed by atoms with Gasteiger partial charge in [-0.15, -0.1) is 17.0 Å². The van der Waals surface area contributed by atoms with Crippen LogP contribution in [0.4, 0.5) is 0 Å². The van der Waals surface area contributed by atoms with E-state index in [-0.39, 0.29) is 26.9 Å². The van der Waals surface area contributed by atoms with E-state index in [1.54, 1.807) is 17.2 Å². The van der Waals surface area contributed by atoms with Gasteiger partial charge in [-0.25, -0.2) is 13.6 Å². The Morgan fingerprint density at radius 2 is 2.14 bits per heavy atom. The molecular formula is C17H20BrClN4O3S2. The molecule has 1 atom stereocenters. The molecule has 2 heterocycles. The minimum Gasteiger partial charge on any atom is -0.366 e. The van der Waals surface area contributed by atoms with Gasteiger partial charge in [0.25, 0.3) is 0 Å². The van der Waals surface area contributed by atoms with E-state index < -0.39 is 15.7 Å². The van der Waals surface area contributed by atoms with E-state index in [1.807, 2.05) is 25.1 Å². The second kappa shape index (κ2) is 9.10. The van der Waals surface area contributed by atoms with Crippen LogP contribution < -0.4 is 5.14 Å². The molecule has 0 bridgehead atoms. The van der Waals surface area contributed by atoms with Crippen molar-refractivity contribution in [1.29, 1.82) is 0 Å². The Balaban J connectivity index is 0.00000280. The van der Waals surface area contributed by atoms with Crippen LogP contribution in [0.3, 0.4) is 0 Å². The average molecular weight is 508 g/mol. The number of thioether (sulfide) groups is 1. The van der Waals surface area contributed by atoms with Crippen LogP contribution in [0.25, 0.3) is 0 Å². The monoisotopic (exact) mass is 506 g/mol. The third-order valence-electron chi connectivity index (χ3n) is 4.20. The van der Waals surface area contributed by atoms with Gasteiger partial charge >= 0.3 is 0 Å². The van der Waals surface area contributed by atoms with Crippen molar-refractivity contribution >= 4 is 55.5 Å². The molecule has 1 aliphatic rings. The zero-order valence-corrected chi connectivity index (χ0v) is 19.1. The number of amidine groups is 1. The molecule has 3 N–H and O–H groups in total. The van der Waals surface area contributed by atoms with Gasteiger partial charge in [0.05, 0.1) is 23.0 Å². The Hall–Kier alpha value is -1.17.